The lowest BCUT2D eigenvalue weighted by molar-refractivity contribution is 0.101. The monoisotopic (exact) mass is 284 g/mol. The highest BCUT2D eigenvalue weighted by Crippen LogP contribution is 2.15. The van der Waals surface area contributed by atoms with Gasteiger partial charge in [0.1, 0.15) is 0 Å². The summed E-state index contributed by atoms with van der Waals surface area (Å²) in [6.07, 6.45) is 0.748. The highest BCUT2D eigenvalue weighted by molar-refractivity contribution is 7.89. The van der Waals surface area contributed by atoms with Gasteiger partial charge in [0.2, 0.25) is 10.0 Å². The van der Waals surface area contributed by atoms with Crippen LogP contribution in [0.4, 0.5) is 0 Å². The SMILES string of the molecule is CNCCCN(C)S(=O)(=O)c1ccc(C(C)=O)cc1. The number of nitrogens with one attached hydrogen (secondary N) is 1. The molecule has 0 aromatic heterocycles. The molecule has 5 nitrogen and oxygen atoms in total. The summed E-state index contributed by atoms with van der Waals surface area (Å²) in [7, 11) is -0.0799. The van der Waals surface area contributed by atoms with Crippen LogP contribution in [-0.2, 0) is 10.0 Å². The average Bonchev–Trinajstić information content (AvgIpc) is 2.39. The van der Waals surface area contributed by atoms with E-state index in [0.717, 1.165) is 13.0 Å². The Kier molecular flexibility index (Phi) is 5.65. The predicted molar refractivity (Wildman–Crippen MR) is 74.8 cm³/mol. The van der Waals surface area contributed by atoms with Gasteiger partial charge in [-0.3, -0.25) is 4.79 Å². The maximum Gasteiger partial charge on any atom is 0.242 e. The maximum atomic E-state index is 12.2. The first-order valence-electron chi connectivity index (χ1n) is 6.11. The van der Waals surface area contributed by atoms with Crippen molar-refractivity contribution in [2.75, 3.05) is 27.2 Å². The van der Waals surface area contributed by atoms with Crippen molar-refractivity contribution >= 4 is 15.8 Å². The lowest BCUT2D eigenvalue weighted by atomic mass is 10.2. The molecule has 0 spiro atoms. The number of Topliss-reactive ketones (excluding diaryl/α,β-unsaturated/α-hetero) is 1. The van der Waals surface area contributed by atoms with E-state index in [-0.39, 0.29) is 10.7 Å². The van der Waals surface area contributed by atoms with Crippen LogP contribution in [0.25, 0.3) is 0 Å². The zero-order chi connectivity index (χ0) is 14.5. The first kappa shape index (κ1) is 15.8. The standard InChI is InChI=1S/C13H20N2O3S/c1-11(16)12-5-7-13(8-6-12)19(17,18)15(3)10-4-9-14-2/h5-8,14H,4,9-10H2,1-3H3. The summed E-state index contributed by atoms with van der Waals surface area (Å²) in [4.78, 5) is 11.4. The molecule has 0 unspecified atom stereocenters. The fourth-order valence-electron chi connectivity index (χ4n) is 1.64. The van der Waals surface area contributed by atoms with E-state index < -0.39 is 10.0 Å². The third kappa shape index (κ3) is 4.12. The van der Waals surface area contributed by atoms with Gasteiger partial charge >= 0.3 is 0 Å². The zero-order valence-corrected chi connectivity index (χ0v) is 12.3. The Hall–Kier alpha value is -1.24. The van der Waals surface area contributed by atoms with Crippen molar-refractivity contribution in [3.63, 3.8) is 0 Å². The Bertz CT molecular complexity index is 523. The quantitative estimate of drug-likeness (QED) is 0.602. The Labute approximate surface area is 114 Å². The van der Waals surface area contributed by atoms with Gasteiger partial charge < -0.3 is 5.32 Å². The number of hydrogen-bond donors (Lipinski definition) is 1. The summed E-state index contributed by atoms with van der Waals surface area (Å²) in [5.74, 6) is -0.0775. The normalized spacial score (nSPS) is 11.8. The molecule has 1 aromatic rings. The van der Waals surface area contributed by atoms with E-state index in [2.05, 4.69) is 5.32 Å². The fraction of sp³-hybridized carbons (Fsp3) is 0.462. The molecule has 0 aliphatic rings. The number of nitrogens with zero attached hydrogens (tertiary/aromatic N) is 1. The van der Waals surface area contributed by atoms with E-state index in [0.29, 0.717) is 12.1 Å². The smallest absolute Gasteiger partial charge is 0.242 e. The van der Waals surface area contributed by atoms with E-state index in [1.807, 2.05) is 7.05 Å². The summed E-state index contributed by atoms with van der Waals surface area (Å²) in [5, 5.41) is 2.98. The minimum Gasteiger partial charge on any atom is -0.320 e. The maximum absolute atomic E-state index is 12.2. The van der Waals surface area contributed by atoms with Gasteiger partial charge in [-0.2, -0.15) is 0 Å². The van der Waals surface area contributed by atoms with E-state index in [4.69, 9.17) is 0 Å². The van der Waals surface area contributed by atoms with E-state index in [1.54, 1.807) is 7.05 Å². The largest absolute Gasteiger partial charge is 0.320 e. The lowest BCUT2D eigenvalue weighted by Gasteiger charge is -2.17. The highest BCUT2D eigenvalue weighted by atomic mass is 32.2. The van der Waals surface area contributed by atoms with Gasteiger partial charge in [-0.05, 0) is 39.1 Å². The Morgan fingerprint density at radius 1 is 1.26 bits per heavy atom. The number of carbonyl (C=O) groups excluding carboxylic acids is 1. The molecule has 0 aliphatic heterocycles. The molecule has 6 heteroatoms. The molecule has 106 valence electrons. The van der Waals surface area contributed by atoms with Crippen molar-refractivity contribution in [2.45, 2.75) is 18.2 Å². The second-order valence-electron chi connectivity index (χ2n) is 4.36. The molecule has 0 bridgehead atoms. The second-order valence-corrected chi connectivity index (χ2v) is 6.41. The van der Waals surface area contributed by atoms with Gasteiger partial charge in [0.25, 0.3) is 0 Å². The van der Waals surface area contributed by atoms with Crippen LogP contribution >= 0.6 is 0 Å². The van der Waals surface area contributed by atoms with Crippen LogP contribution in [0.5, 0.6) is 0 Å². The molecule has 0 amide bonds. The van der Waals surface area contributed by atoms with E-state index in [9.17, 15) is 13.2 Å². The van der Waals surface area contributed by atoms with Crippen LogP contribution in [-0.4, -0.2) is 45.7 Å². The molecule has 1 rings (SSSR count). The first-order valence-corrected chi connectivity index (χ1v) is 7.55. The third-order valence-corrected chi connectivity index (χ3v) is 4.74. The van der Waals surface area contributed by atoms with Gasteiger partial charge in [-0.1, -0.05) is 12.1 Å². The second kappa shape index (κ2) is 6.79. The van der Waals surface area contributed by atoms with Crippen LogP contribution in [0, 0.1) is 0 Å². The topological polar surface area (TPSA) is 66.5 Å². The average molecular weight is 284 g/mol. The number of ketones is 1. The summed E-state index contributed by atoms with van der Waals surface area (Å²) in [6, 6.07) is 6.02. The molecule has 0 fully saturated rings. The number of hydrogen-bond acceptors (Lipinski definition) is 4. The van der Waals surface area contributed by atoms with Crippen LogP contribution in [0.2, 0.25) is 0 Å². The number of benzene rings is 1. The third-order valence-electron chi connectivity index (χ3n) is 2.87. The summed E-state index contributed by atoms with van der Waals surface area (Å²) < 4.78 is 25.8. The first-order chi connectivity index (χ1) is 8.89. The van der Waals surface area contributed by atoms with Gasteiger partial charge in [0.15, 0.2) is 5.78 Å². The Balaban J connectivity index is 2.84. The van der Waals surface area contributed by atoms with Crippen molar-refractivity contribution in [1.29, 1.82) is 0 Å². The molecule has 0 aliphatic carbocycles. The van der Waals surface area contributed by atoms with Gasteiger partial charge in [-0.15, -0.1) is 0 Å². The van der Waals surface area contributed by atoms with Crippen molar-refractivity contribution < 1.29 is 13.2 Å². The van der Waals surface area contributed by atoms with Crippen molar-refractivity contribution in [2.24, 2.45) is 0 Å². The fourth-order valence-corrected chi connectivity index (χ4v) is 2.85. The molecular formula is C13H20N2O3S. The van der Waals surface area contributed by atoms with Gasteiger partial charge in [0, 0.05) is 19.2 Å². The van der Waals surface area contributed by atoms with Crippen molar-refractivity contribution in [3.05, 3.63) is 29.8 Å². The van der Waals surface area contributed by atoms with Gasteiger partial charge in [0.05, 0.1) is 4.90 Å². The molecule has 19 heavy (non-hydrogen) atoms. The summed E-state index contributed by atoms with van der Waals surface area (Å²) in [6.45, 7) is 2.67. The highest BCUT2D eigenvalue weighted by Gasteiger charge is 2.20. The number of carbonyl (C=O) groups is 1. The van der Waals surface area contributed by atoms with Crippen LogP contribution in [0.3, 0.4) is 0 Å². The number of rotatable bonds is 7. The molecule has 0 atom stereocenters. The summed E-state index contributed by atoms with van der Waals surface area (Å²) in [5.41, 5.74) is 0.511. The molecule has 1 N–H and O–H groups in total. The van der Waals surface area contributed by atoms with Gasteiger partial charge in [-0.25, -0.2) is 12.7 Å². The van der Waals surface area contributed by atoms with Crippen molar-refractivity contribution in [3.8, 4) is 0 Å². The molecular weight excluding hydrogens is 264 g/mol. The number of sulfonamides is 1. The van der Waals surface area contributed by atoms with E-state index >= 15 is 0 Å². The predicted octanol–water partition coefficient (Wildman–Crippen LogP) is 1.12. The Morgan fingerprint density at radius 2 is 1.84 bits per heavy atom. The van der Waals surface area contributed by atoms with Crippen LogP contribution in [0.1, 0.15) is 23.7 Å². The molecule has 1 aromatic carbocycles. The molecule has 0 saturated carbocycles. The molecule has 0 saturated heterocycles. The molecule has 0 heterocycles. The Morgan fingerprint density at radius 3 is 2.32 bits per heavy atom. The van der Waals surface area contributed by atoms with Crippen molar-refractivity contribution in [1.82, 2.24) is 9.62 Å². The lowest BCUT2D eigenvalue weighted by Crippen LogP contribution is -2.29. The zero-order valence-electron chi connectivity index (χ0n) is 11.5. The minimum absolute atomic E-state index is 0.0775. The summed E-state index contributed by atoms with van der Waals surface area (Å²) >= 11 is 0. The molecule has 0 radical (unpaired) electrons. The van der Waals surface area contributed by atoms with Crippen LogP contribution in [0.15, 0.2) is 29.2 Å². The van der Waals surface area contributed by atoms with E-state index in [1.165, 1.54) is 35.5 Å². The minimum atomic E-state index is -3.47. The van der Waals surface area contributed by atoms with Crippen LogP contribution < -0.4 is 5.32 Å².